The predicted octanol–water partition coefficient (Wildman–Crippen LogP) is 5.52. The number of imide groups is 1. The van der Waals surface area contributed by atoms with E-state index in [2.05, 4.69) is 0 Å². The summed E-state index contributed by atoms with van der Waals surface area (Å²) in [5, 5.41) is 10.8. The second-order valence-corrected chi connectivity index (χ2v) is 12.8. The lowest BCUT2D eigenvalue weighted by Gasteiger charge is -2.34. The smallest absolute Gasteiger partial charge is 0.254 e. The second-order valence-electron chi connectivity index (χ2n) is 12.8. The van der Waals surface area contributed by atoms with Crippen LogP contribution in [0.5, 0.6) is 17.2 Å². The molecule has 2 saturated carbocycles. The predicted molar refractivity (Wildman–Crippen MR) is 158 cm³/mol. The minimum Gasteiger partial charge on any atom is -0.490 e. The molecular formula is C34H37FN2O6. The normalized spacial score (nSPS) is 23.4. The van der Waals surface area contributed by atoms with Crippen LogP contribution in [0.4, 0.5) is 4.39 Å². The molecule has 3 aliphatic rings. The van der Waals surface area contributed by atoms with Gasteiger partial charge >= 0.3 is 0 Å². The number of halogens is 1. The van der Waals surface area contributed by atoms with Crippen molar-refractivity contribution in [1.29, 1.82) is 0 Å². The van der Waals surface area contributed by atoms with E-state index >= 15 is 0 Å². The van der Waals surface area contributed by atoms with E-state index in [4.69, 9.17) is 9.47 Å². The highest BCUT2D eigenvalue weighted by molar-refractivity contribution is 6.09. The number of aryl methyl sites for hydroxylation is 3. The van der Waals surface area contributed by atoms with E-state index in [9.17, 15) is 23.9 Å². The van der Waals surface area contributed by atoms with Gasteiger partial charge in [-0.3, -0.25) is 19.3 Å². The first-order chi connectivity index (χ1) is 20.3. The molecule has 2 aliphatic carbocycles. The Labute approximate surface area is 250 Å². The van der Waals surface area contributed by atoms with Gasteiger partial charge in [0, 0.05) is 36.5 Å². The second kappa shape index (κ2) is 10.6. The first-order valence-electron chi connectivity index (χ1n) is 14.9. The third kappa shape index (κ3) is 5.46. The summed E-state index contributed by atoms with van der Waals surface area (Å²) in [5.41, 5.74) is 1.72. The summed E-state index contributed by atoms with van der Waals surface area (Å²) < 4.78 is 28.4. The number of rotatable bonds is 7. The quantitative estimate of drug-likeness (QED) is 0.365. The number of ether oxygens (including phenoxy) is 2. The molecule has 1 aliphatic heterocycles. The number of aliphatic hydroxyl groups is 1. The Morgan fingerprint density at radius 3 is 2.12 bits per heavy atom. The zero-order valence-corrected chi connectivity index (χ0v) is 25.1. The minimum absolute atomic E-state index is 0.0287. The number of likely N-dealkylation sites (tertiary alicyclic amines) is 1. The van der Waals surface area contributed by atoms with Crippen LogP contribution < -0.4 is 15.0 Å². The van der Waals surface area contributed by atoms with Gasteiger partial charge in [-0.1, -0.05) is 6.07 Å². The van der Waals surface area contributed by atoms with Crippen LogP contribution in [-0.4, -0.2) is 38.5 Å². The average Bonchev–Trinajstić information content (AvgIpc) is 3.70. The van der Waals surface area contributed by atoms with E-state index in [0.717, 1.165) is 0 Å². The monoisotopic (exact) mass is 588 g/mol. The fraction of sp³-hybridized carbons (Fsp3) is 0.441. The number of aromatic nitrogens is 1. The van der Waals surface area contributed by atoms with Crippen molar-refractivity contribution in [1.82, 2.24) is 9.47 Å². The molecule has 1 N–H and O–H groups in total. The summed E-state index contributed by atoms with van der Waals surface area (Å²) >= 11 is 0. The first-order valence-corrected chi connectivity index (χ1v) is 14.9. The topological polar surface area (TPSA) is 98.1 Å². The molecule has 2 heterocycles. The molecule has 0 bridgehead atoms. The molecule has 8 nitrogen and oxygen atoms in total. The summed E-state index contributed by atoms with van der Waals surface area (Å²) in [4.78, 5) is 39.5. The third-order valence-electron chi connectivity index (χ3n) is 9.01. The maximum absolute atomic E-state index is 14.0. The van der Waals surface area contributed by atoms with Crippen molar-refractivity contribution in [3.05, 3.63) is 75.5 Å². The molecule has 3 fully saturated rings. The number of piperidine rings is 1. The molecule has 1 aromatic heterocycles. The number of carbonyl (C=O) groups excluding carboxylic acids is 2. The first kappa shape index (κ1) is 29.1. The summed E-state index contributed by atoms with van der Waals surface area (Å²) in [7, 11) is 1.66. The van der Waals surface area contributed by atoms with Crippen molar-refractivity contribution in [3.63, 3.8) is 0 Å². The van der Waals surface area contributed by atoms with Crippen molar-refractivity contribution in [2.24, 2.45) is 18.9 Å². The minimum atomic E-state index is -1.15. The molecular weight excluding hydrogens is 551 g/mol. The molecule has 2 atom stereocenters. The Morgan fingerprint density at radius 1 is 0.884 bits per heavy atom. The molecule has 3 aromatic rings. The van der Waals surface area contributed by atoms with Gasteiger partial charge < -0.3 is 19.1 Å². The van der Waals surface area contributed by atoms with Gasteiger partial charge in [-0.25, -0.2) is 4.39 Å². The Kier molecular flexibility index (Phi) is 7.19. The SMILES string of the molecule is Cc1cc(F)cc(C)c1Oc1ccc(C(C)(C)O)cc1-c1cn(C)c(=O)cc1OC1CCC(N2C(=O)C3CC3C2=O)CC1. The number of nitrogens with zero attached hydrogens (tertiary/aromatic N) is 2. The number of benzene rings is 2. The molecule has 0 radical (unpaired) electrons. The molecule has 9 heteroatoms. The third-order valence-corrected chi connectivity index (χ3v) is 9.01. The average molecular weight is 589 g/mol. The van der Waals surface area contributed by atoms with Crippen LogP contribution in [0.1, 0.15) is 62.6 Å². The maximum atomic E-state index is 14.0. The van der Waals surface area contributed by atoms with Gasteiger partial charge in [0.15, 0.2) is 0 Å². The standard InChI is InChI=1S/C34H37FN2O6/c1-18-12-21(35)13-19(2)31(18)43-28-11-6-20(34(3,4)41)14-24(28)27-17-36(5)30(38)16-29(27)42-23-9-7-22(8-10-23)37-32(39)25-15-26(25)33(37)40/h6,11-14,16-17,22-23,25-26,41H,7-10,15H2,1-5H3. The molecule has 226 valence electrons. The summed E-state index contributed by atoms with van der Waals surface area (Å²) in [6, 6.07) is 9.54. The van der Waals surface area contributed by atoms with E-state index in [1.54, 1.807) is 53.1 Å². The van der Waals surface area contributed by atoms with E-state index in [1.807, 2.05) is 6.07 Å². The molecule has 6 rings (SSSR count). The zero-order valence-electron chi connectivity index (χ0n) is 25.1. The summed E-state index contributed by atoms with van der Waals surface area (Å²) in [6.07, 6.45) is 4.73. The zero-order chi connectivity index (χ0) is 30.8. The maximum Gasteiger partial charge on any atom is 0.254 e. The number of hydrogen-bond donors (Lipinski definition) is 1. The fourth-order valence-electron chi connectivity index (χ4n) is 6.46. The number of carbonyl (C=O) groups is 2. The largest absolute Gasteiger partial charge is 0.490 e. The van der Waals surface area contributed by atoms with Crippen LogP contribution >= 0.6 is 0 Å². The van der Waals surface area contributed by atoms with Crippen molar-refractivity contribution in [2.45, 2.75) is 77.5 Å². The van der Waals surface area contributed by atoms with E-state index in [-0.39, 0.29) is 47.2 Å². The van der Waals surface area contributed by atoms with Crippen LogP contribution in [0.2, 0.25) is 0 Å². The number of fused-ring (bicyclic) bond motifs is 1. The molecule has 2 amide bonds. The molecule has 2 aromatic carbocycles. The molecule has 2 unspecified atom stereocenters. The van der Waals surface area contributed by atoms with Gasteiger partial charge in [0.25, 0.3) is 5.56 Å². The number of amides is 2. The van der Waals surface area contributed by atoms with Crippen LogP contribution in [0, 0.1) is 31.5 Å². The van der Waals surface area contributed by atoms with Crippen LogP contribution in [0.25, 0.3) is 11.1 Å². The fourth-order valence-corrected chi connectivity index (χ4v) is 6.46. The van der Waals surface area contributed by atoms with Crippen molar-refractivity contribution in [2.75, 3.05) is 0 Å². The van der Waals surface area contributed by atoms with Crippen LogP contribution in [0.15, 0.2) is 47.4 Å². The highest BCUT2D eigenvalue weighted by Gasteiger charge is 2.60. The van der Waals surface area contributed by atoms with Gasteiger partial charge in [0.1, 0.15) is 23.1 Å². The highest BCUT2D eigenvalue weighted by Crippen LogP contribution is 2.49. The Balaban J connectivity index is 1.33. The van der Waals surface area contributed by atoms with Crippen LogP contribution in [-0.2, 0) is 22.2 Å². The van der Waals surface area contributed by atoms with Gasteiger partial charge in [-0.2, -0.15) is 0 Å². The molecule has 0 spiro atoms. The lowest BCUT2D eigenvalue weighted by Crippen LogP contribution is -2.45. The van der Waals surface area contributed by atoms with Crippen molar-refractivity contribution < 1.29 is 28.6 Å². The van der Waals surface area contributed by atoms with E-state index in [0.29, 0.717) is 77.2 Å². The van der Waals surface area contributed by atoms with E-state index < -0.39 is 5.60 Å². The lowest BCUT2D eigenvalue weighted by molar-refractivity contribution is -0.145. The van der Waals surface area contributed by atoms with Gasteiger partial charge in [-0.05, 0) is 101 Å². The number of pyridine rings is 1. The van der Waals surface area contributed by atoms with Crippen LogP contribution in [0.3, 0.4) is 0 Å². The number of hydrogen-bond acceptors (Lipinski definition) is 6. The molecule has 1 saturated heterocycles. The summed E-state index contributed by atoms with van der Waals surface area (Å²) in [6.45, 7) is 6.94. The van der Waals surface area contributed by atoms with Gasteiger partial charge in [-0.15, -0.1) is 0 Å². The molecule has 43 heavy (non-hydrogen) atoms. The Morgan fingerprint density at radius 2 is 1.51 bits per heavy atom. The summed E-state index contributed by atoms with van der Waals surface area (Å²) in [5.74, 6) is 0.741. The Bertz CT molecular complexity index is 1640. The van der Waals surface area contributed by atoms with Crippen molar-refractivity contribution in [3.8, 4) is 28.4 Å². The van der Waals surface area contributed by atoms with Gasteiger partial charge in [0.05, 0.1) is 23.5 Å². The Hall–Kier alpha value is -3.98. The highest BCUT2D eigenvalue weighted by atomic mass is 19.1. The van der Waals surface area contributed by atoms with Gasteiger partial charge in [0.2, 0.25) is 11.8 Å². The van der Waals surface area contributed by atoms with E-state index in [1.165, 1.54) is 27.7 Å². The van der Waals surface area contributed by atoms with Crippen molar-refractivity contribution >= 4 is 11.8 Å². The lowest BCUT2D eigenvalue weighted by atomic mass is 9.91.